The van der Waals surface area contributed by atoms with Gasteiger partial charge in [0.1, 0.15) is 5.75 Å². The number of methoxy groups -OCH3 is 1. The number of hydrogen-bond acceptors (Lipinski definition) is 3. The van der Waals surface area contributed by atoms with Gasteiger partial charge in [-0.2, -0.15) is 5.26 Å². The predicted octanol–water partition coefficient (Wildman–Crippen LogP) is 3.81. The molecule has 0 saturated heterocycles. The third kappa shape index (κ3) is 3.17. The second-order valence-electron chi connectivity index (χ2n) is 4.54. The minimum atomic E-state index is 0.0616. The fourth-order valence-electron chi connectivity index (χ4n) is 1.98. The van der Waals surface area contributed by atoms with E-state index in [4.69, 9.17) is 10.00 Å². The molecule has 1 atom stereocenters. The summed E-state index contributed by atoms with van der Waals surface area (Å²) < 4.78 is 5.21. The number of nitrogens with one attached hydrogen (secondary N) is 1. The van der Waals surface area contributed by atoms with Gasteiger partial charge in [0, 0.05) is 12.2 Å². The average Bonchev–Trinajstić information content (AvgIpc) is 2.47. The molecule has 19 heavy (non-hydrogen) atoms. The summed E-state index contributed by atoms with van der Waals surface area (Å²) in [6.07, 6.45) is 0.869. The molecule has 0 aliphatic carbocycles. The van der Waals surface area contributed by atoms with E-state index in [-0.39, 0.29) is 5.92 Å². The molecule has 0 fully saturated rings. The normalized spacial score (nSPS) is 11.8. The van der Waals surface area contributed by atoms with Crippen molar-refractivity contribution in [2.45, 2.75) is 13.3 Å². The van der Waals surface area contributed by atoms with Gasteiger partial charge in [0.2, 0.25) is 0 Å². The smallest absolute Gasteiger partial charge is 0.119 e. The third-order valence-electron chi connectivity index (χ3n) is 3.28. The van der Waals surface area contributed by atoms with Crippen LogP contribution in [-0.4, -0.2) is 13.7 Å². The van der Waals surface area contributed by atoms with Crippen LogP contribution in [0.2, 0.25) is 0 Å². The summed E-state index contributed by atoms with van der Waals surface area (Å²) in [6, 6.07) is 14.5. The first-order valence-electron chi connectivity index (χ1n) is 6.48. The number of rotatable bonds is 5. The molecule has 0 aliphatic heterocycles. The van der Waals surface area contributed by atoms with Gasteiger partial charge in [0.15, 0.2) is 0 Å². The van der Waals surface area contributed by atoms with Gasteiger partial charge in [-0.1, -0.05) is 19.1 Å². The van der Waals surface area contributed by atoms with Crippen LogP contribution in [0.15, 0.2) is 36.4 Å². The fourth-order valence-corrected chi connectivity index (χ4v) is 1.98. The average molecular weight is 254 g/mol. The highest BCUT2D eigenvalue weighted by atomic mass is 16.5. The predicted molar refractivity (Wildman–Crippen MR) is 78.4 cm³/mol. The van der Waals surface area contributed by atoms with Crippen molar-refractivity contribution in [3.8, 4) is 11.8 Å². The number of benzene rings is 2. The lowest BCUT2D eigenvalue weighted by Gasteiger charge is -2.10. The molecule has 1 N–H and O–H groups in total. The zero-order valence-corrected chi connectivity index (χ0v) is 11.3. The number of hydrogen-bond donors (Lipinski definition) is 1. The molecular formula is C16H18N2O. The first-order chi connectivity index (χ1) is 9.26. The summed E-state index contributed by atoms with van der Waals surface area (Å²) in [6.45, 7) is 2.72. The van der Waals surface area contributed by atoms with Gasteiger partial charge in [0.05, 0.1) is 19.1 Å². The van der Waals surface area contributed by atoms with Gasteiger partial charge < -0.3 is 10.1 Å². The fraction of sp³-hybridized carbons (Fsp3) is 0.312. The Bertz CT molecular complexity index is 601. The highest BCUT2D eigenvalue weighted by Gasteiger charge is 2.04. The first-order valence-corrected chi connectivity index (χ1v) is 6.48. The Kier molecular flexibility index (Phi) is 4.25. The number of anilines is 1. The van der Waals surface area contributed by atoms with Crippen LogP contribution in [0.3, 0.4) is 0 Å². The van der Waals surface area contributed by atoms with E-state index in [1.54, 1.807) is 7.11 Å². The van der Waals surface area contributed by atoms with Crippen molar-refractivity contribution >= 4 is 16.5 Å². The lowest BCUT2D eigenvalue weighted by atomic mass is 10.1. The van der Waals surface area contributed by atoms with Gasteiger partial charge in [-0.25, -0.2) is 0 Å². The van der Waals surface area contributed by atoms with Crippen molar-refractivity contribution in [2.24, 2.45) is 5.92 Å². The maximum absolute atomic E-state index is 8.93. The Hall–Kier alpha value is -2.21. The van der Waals surface area contributed by atoms with Crippen LogP contribution in [-0.2, 0) is 0 Å². The van der Waals surface area contributed by atoms with Crippen LogP contribution in [0, 0.1) is 17.2 Å². The van der Waals surface area contributed by atoms with E-state index in [9.17, 15) is 0 Å². The van der Waals surface area contributed by atoms with Gasteiger partial charge in [-0.3, -0.25) is 0 Å². The van der Waals surface area contributed by atoms with E-state index in [0.717, 1.165) is 28.6 Å². The summed E-state index contributed by atoms with van der Waals surface area (Å²) in [5.74, 6) is 0.926. The first kappa shape index (κ1) is 13.2. The monoisotopic (exact) mass is 254 g/mol. The Balaban J connectivity index is 2.16. The van der Waals surface area contributed by atoms with Crippen LogP contribution in [0.25, 0.3) is 10.8 Å². The molecule has 0 amide bonds. The topological polar surface area (TPSA) is 45.0 Å². The Morgan fingerprint density at radius 1 is 1.21 bits per heavy atom. The number of fused-ring (bicyclic) bond motifs is 1. The van der Waals surface area contributed by atoms with E-state index in [1.807, 2.05) is 31.2 Å². The molecule has 0 aromatic heterocycles. The number of ether oxygens (including phenoxy) is 1. The molecule has 0 bridgehead atoms. The summed E-state index contributed by atoms with van der Waals surface area (Å²) >= 11 is 0. The second kappa shape index (κ2) is 6.10. The lowest BCUT2D eigenvalue weighted by Crippen LogP contribution is -2.11. The van der Waals surface area contributed by atoms with Crippen molar-refractivity contribution < 1.29 is 4.74 Å². The van der Waals surface area contributed by atoms with Crippen molar-refractivity contribution in [2.75, 3.05) is 19.0 Å². The molecule has 3 heteroatoms. The van der Waals surface area contributed by atoms with Crippen LogP contribution in [0.4, 0.5) is 5.69 Å². The lowest BCUT2D eigenvalue weighted by molar-refractivity contribution is 0.415. The minimum Gasteiger partial charge on any atom is -0.497 e. The molecular weight excluding hydrogens is 236 g/mol. The highest BCUT2D eigenvalue weighted by molar-refractivity contribution is 5.86. The molecule has 0 heterocycles. The zero-order chi connectivity index (χ0) is 13.7. The van der Waals surface area contributed by atoms with E-state index in [0.29, 0.717) is 6.54 Å². The highest BCUT2D eigenvalue weighted by Crippen LogP contribution is 2.23. The molecule has 3 nitrogen and oxygen atoms in total. The van der Waals surface area contributed by atoms with E-state index < -0.39 is 0 Å². The van der Waals surface area contributed by atoms with Crippen LogP contribution < -0.4 is 10.1 Å². The maximum Gasteiger partial charge on any atom is 0.119 e. The van der Waals surface area contributed by atoms with Crippen molar-refractivity contribution in [3.05, 3.63) is 36.4 Å². The standard InChI is InChI=1S/C16H18N2O/c1-3-12(10-17)11-18-15-6-4-14-9-16(19-2)7-5-13(14)8-15/h4-9,12,18H,3,11H2,1-2H3. The Morgan fingerprint density at radius 2 is 1.95 bits per heavy atom. The van der Waals surface area contributed by atoms with E-state index >= 15 is 0 Å². The maximum atomic E-state index is 8.93. The molecule has 98 valence electrons. The molecule has 0 aliphatic rings. The quantitative estimate of drug-likeness (QED) is 0.882. The Morgan fingerprint density at radius 3 is 2.63 bits per heavy atom. The summed E-state index contributed by atoms with van der Waals surface area (Å²) in [7, 11) is 1.67. The van der Waals surface area contributed by atoms with E-state index in [1.165, 1.54) is 0 Å². The molecule has 2 rings (SSSR count). The molecule has 0 spiro atoms. The molecule has 2 aromatic rings. The van der Waals surface area contributed by atoms with Crippen LogP contribution in [0.1, 0.15) is 13.3 Å². The van der Waals surface area contributed by atoms with Crippen LogP contribution in [0.5, 0.6) is 5.75 Å². The molecule has 1 unspecified atom stereocenters. The van der Waals surface area contributed by atoms with Gasteiger partial charge in [-0.05, 0) is 41.5 Å². The number of nitrogens with zero attached hydrogens (tertiary/aromatic N) is 1. The largest absolute Gasteiger partial charge is 0.497 e. The van der Waals surface area contributed by atoms with Gasteiger partial charge in [0.25, 0.3) is 0 Å². The van der Waals surface area contributed by atoms with Crippen molar-refractivity contribution in [1.82, 2.24) is 0 Å². The van der Waals surface area contributed by atoms with Gasteiger partial charge in [-0.15, -0.1) is 0 Å². The third-order valence-corrected chi connectivity index (χ3v) is 3.28. The molecule has 0 saturated carbocycles. The minimum absolute atomic E-state index is 0.0616. The van der Waals surface area contributed by atoms with Gasteiger partial charge >= 0.3 is 0 Å². The summed E-state index contributed by atoms with van der Waals surface area (Å²) in [5, 5.41) is 14.6. The summed E-state index contributed by atoms with van der Waals surface area (Å²) in [4.78, 5) is 0. The molecule has 2 aromatic carbocycles. The van der Waals surface area contributed by atoms with Crippen LogP contribution >= 0.6 is 0 Å². The Labute approximate surface area is 113 Å². The molecule has 0 radical (unpaired) electrons. The second-order valence-corrected chi connectivity index (χ2v) is 4.54. The summed E-state index contributed by atoms with van der Waals surface area (Å²) in [5.41, 5.74) is 1.05. The van der Waals surface area contributed by atoms with Crippen molar-refractivity contribution in [3.63, 3.8) is 0 Å². The van der Waals surface area contributed by atoms with E-state index in [2.05, 4.69) is 23.5 Å². The van der Waals surface area contributed by atoms with Crippen molar-refractivity contribution in [1.29, 1.82) is 5.26 Å². The number of nitriles is 1. The zero-order valence-electron chi connectivity index (χ0n) is 11.3. The SMILES string of the molecule is CCC(C#N)CNc1ccc2cc(OC)ccc2c1.